The summed E-state index contributed by atoms with van der Waals surface area (Å²) >= 11 is 11.3. The van der Waals surface area contributed by atoms with Crippen molar-refractivity contribution in [3.8, 4) is 0 Å². The van der Waals surface area contributed by atoms with Crippen LogP contribution in [0.2, 0.25) is 10.0 Å². The predicted molar refractivity (Wildman–Crippen MR) is 69.9 cm³/mol. The van der Waals surface area contributed by atoms with Crippen LogP contribution in [0, 0.1) is 0 Å². The Kier molecular flexibility index (Phi) is 5.17. The normalized spacial score (nSPS) is 14.9. The molecule has 2 unspecified atom stereocenters. The summed E-state index contributed by atoms with van der Waals surface area (Å²) in [4.78, 5) is 10.6. The Morgan fingerprint density at radius 3 is 2.32 bits per heavy atom. The molecule has 0 aliphatic carbocycles. The lowest BCUT2D eigenvalue weighted by atomic mass is 10.2. The number of aliphatic carboxylic acids is 1. The van der Waals surface area contributed by atoms with Gasteiger partial charge in [-0.3, -0.25) is 4.79 Å². The molecule has 106 valence electrons. The summed E-state index contributed by atoms with van der Waals surface area (Å²) in [5.41, 5.74) is 0. The van der Waals surface area contributed by atoms with Crippen molar-refractivity contribution < 1.29 is 23.4 Å². The smallest absolute Gasteiger partial charge is 0.324 e. The van der Waals surface area contributed by atoms with Crippen molar-refractivity contribution in [1.29, 1.82) is 0 Å². The number of aliphatic hydroxyl groups is 1. The number of halogens is 2. The summed E-state index contributed by atoms with van der Waals surface area (Å²) in [5.74, 6) is -1.49. The number of rotatable bonds is 5. The summed E-state index contributed by atoms with van der Waals surface area (Å²) < 4.78 is 25.7. The van der Waals surface area contributed by atoms with Gasteiger partial charge in [0.2, 0.25) is 10.0 Å². The minimum atomic E-state index is -4.12. The van der Waals surface area contributed by atoms with E-state index in [1.165, 1.54) is 12.1 Å². The average Bonchev–Trinajstić information content (AvgIpc) is 2.28. The molecule has 0 saturated carbocycles. The molecule has 0 heterocycles. The van der Waals surface area contributed by atoms with Gasteiger partial charge in [-0.1, -0.05) is 23.2 Å². The van der Waals surface area contributed by atoms with E-state index in [1.807, 2.05) is 4.72 Å². The highest BCUT2D eigenvalue weighted by molar-refractivity contribution is 7.89. The van der Waals surface area contributed by atoms with E-state index in [2.05, 4.69) is 0 Å². The number of sulfonamides is 1. The minimum Gasteiger partial charge on any atom is -0.480 e. The molecule has 19 heavy (non-hydrogen) atoms. The Balaban J connectivity index is 3.10. The van der Waals surface area contributed by atoms with Crippen molar-refractivity contribution in [3.05, 3.63) is 28.2 Å². The second-order valence-electron chi connectivity index (χ2n) is 3.75. The zero-order chi connectivity index (χ0) is 14.8. The maximum atomic E-state index is 11.9. The number of hydrogen-bond acceptors (Lipinski definition) is 4. The fraction of sp³-hybridized carbons (Fsp3) is 0.300. The average molecular weight is 328 g/mol. The summed E-state index contributed by atoms with van der Waals surface area (Å²) in [6.07, 6.45) is -1.39. The highest BCUT2D eigenvalue weighted by Crippen LogP contribution is 2.24. The molecule has 0 aliphatic rings. The summed E-state index contributed by atoms with van der Waals surface area (Å²) in [6, 6.07) is 1.89. The van der Waals surface area contributed by atoms with E-state index in [0.717, 1.165) is 13.0 Å². The van der Waals surface area contributed by atoms with Crippen molar-refractivity contribution in [2.45, 2.75) is 24.0 Å². The van der Waals surface area contributed by atoms with Gasteiger partial charge in [-0.25, -0.2) is 8.42 Å². The van der Waals surface area contributed by atoms with Gasteiger partial charge in [0, 0.05) is 0 Å². The Morgan fingerprint density at radius 1 is 1.32 bits per heavy atom. The first-order valence-electron chi connectivity index (χ1n) is 5.03. The number of carbonyl (C=O) groups is 1. The summed E-state index contributed by atoms with van der Waals surface area (Å²) in [6.45, 7) is 1.16. The molecule has 0 spiro atoms. The molecule has 3 N–H and O–H groups in total. The van der Waals surface area contributed by atoms with Crippen LogP contribution in [-0.2, 0) is 14.8 Å². The van der Waals surface area contributed by atoms with Gasteiger partial charge in [0.15, 0.2) is 0 Å². The molecule has 0 aromatic heterocycles. The van der Waals surface area contributed by atoms with E-state index in [4.69, 9.17) is 28.3 Å². The van der Waals surface area contributed by atoms with Crippen molar-refractivity contribution in [3.63, 3.8) is 0 Å². The Bertz CT molecular complexity index is 588. The Hall–Kier alpha value is -0.860. The highest BCUT2D eigenvalue weighted by atomic mass is 35.5. The molecular weight excluding hydrogens is 317 g/mol. The largest absolute Gasteiger partial charge is 0.480 e. The summed E-state index contributed by atoms with van der Waals surface area (Å²) in [5, 5.41) is 18.2. The molecule has 0 bridgehead atoms. The van der Waals surface area contributed by atoms with Crippen LogP contribution in [0.1, 0.15) is 6.92 Å². The Morgan fingerprint density at radius 2 is 1.89 bits per heavy atom. The van der Waals surface area contributed by atoms with Gasteiger partial charge in [0.05, 0.1) is 21.0 Å². The SMILES string of the molecule is CC(O)C(NS(=O)(=O)c1ccc(Cl)c(Cl)c1)C(=O)O. The van der Waals surface area contributed by atoms with E-state index < -0.39 is 28.1 Å². The molecule has 0 aliphatic heterocycles. The number of carboxylic acid groups (broad SMARTS) is 1. The monoisotopic (exact) mass is 327 g/mol. The zero-order valence-electron chi connectivity index (χ0n) is 9.67. The number of carboxylic acids is 1. The van der Waals surface area contributed by atoms with Gasteiger partial charge in [0.25, 0.3) is 0 Å². The molecule has 9 heteroatoms. The van der Waals surface area contributed by atoms with Crippen LogP contribution >= 0.6 is 23.2 Å². The van der Waals surface area contributed by atoms with Gasteiger partial charge in [0.1, 0.15) is 6.04 Å². The maximum absolute atomic E-state index is 11.9. The van der Waals surface area contributed by atoms with Gasteiger partial charge in [-0.05, 0) is 25.1 Å². The van der Waals surface area contributed by atoms with Crippen molar-refractivity contribution in [1.82, 2.24) is 4.72 Å². The van der Waals surface area contributed by atoms with Gasteiger partial charge in [-0.15, -0.1) is 0 Å². The maximum Gasteiger partial charge on any atom is 0.324 e. The highest BCUT2D eigenvalue weighted by Gasteiger charge is 2.29. The number of hydrogen-bond donors (Lipinski definition) is 3. The standard InChI is InChI=1S/C10H11Cl2NO5S/c1-5(14)9(10(15)16)13-19(17,18)6-2-3-7(11)8(12)4-6/h2-5,9,13-14H,1H3,(H,15,16). The van der Waals surface area contributed by atoms with Crippen LogP contribution in [-0.4, -0.2) is 36.7 Å². The third-order valence-corrected chi connectivity index (χ3v) is 4.41. The van der Waals surface area contributed by atoms with Gasteiger partial charge < -0.3 is 10.2 Å². The molecule has 0 amide bonds. The molecule has 1 rings (SSSR count). The lowest BCUT2D eigenvalue weighted by Crippen LogP contribution is -2.47. The molecule has 1 aromatic rings. The fourth-order valence-electron chi connectivity index (χ4n) is 1.23. The molecule has 0 fully saturated rings. The zero-order valence-corrected chi connectivity index (χ0v) is 12.0. The number of nitrogens with one attached hydrogen (secondary N) is 1. The topological polar surface area (TPSA) is 104 Å². The van der Waals surface area contributed by atoms with Crippen molar-refractivity contribution >= 4 is 39.2 Å². The lowest BCUT2D eigenvalue weighted by molar-refractivity contribution is -0.141. The molecule has 0 radical (unpaired) electrons. The third-order valence-electron chi connectivity index (χ3n) is 2.23. The molecule has 1 aromatic carbocycles. The lowest BCUT2D eigenvalue weighted by Gasteiger charge is -2.17. The first kappa shape index (κ1) is 16.2. The van der Waals surface area contributed by atoms with Crippen LogP contribution in [0.15, 0.2) is 23.1 Å². The molecule has 0 saturated heterocycles. The van der Waals surface area contributed by atoms with E-state index in [9.17, 15) is 18.3 Å². The third kappa shape index (κ3) is 4.05. The first-order valence-corrected chi connectivity index (χ1v) is 7.27. The first-order chi connectivity index (χ1) is 8.65. The van der Waals surface area contributed by atoms with Crippen LogP contribution in [0.5, 0.6) is 0 Å². The number of aliphatic hydroxyl groups excluding tert-OH is 1. The second kappa shape index (κ2) is 6.06. The summed E-state index contributed by atoms with van der Waals surface area (Å²) in [7, 11) is -4.12. The second-order valence-corrected chi connectivity index (χ2v) is 6.28. The van der Waals surface area contributed by atoms with Crippen LogP contribution in [0.25, 0.3) is 0 Å². The fourth-order valence-corrected chi connectivity index (χ4v) is 2.89. The van der Waals surface area contributed by atoms with Crippen molar-refractivity contribution in [2.75, 3.05) is 0 Å². The van der Waals surface area contributed by atoms with E-state index in [1.54, 1.807) is 0 Å². The van der Waals surface area contributed by atoms with E-state index >= 15 is 0 Å². The minimum absolute atomic E-state index is 0.0217. The van der Waals surface area contributed by atoms with E-state index in [-0.39, 0.29) is 14.9 Å². The molecule has 6 nitrogen and oxygen atoms in total. The van der Waals surface area contributed by atoms with Gasteiger partial charge in [-0.2, -0.15) is 4.72 Å². The molecule has 2 atom stereocenters. The Labute approximate surface area is 120 Å². The van der Waals surface area contributed by atoms with Crippen molar-refractivity contribution in [2.24, 2.45) is 0 Å². The van der Waals surface area contributed by atoms with E-state index in [0.29, 0.717) is 0 Å². The number of benzene rings is 1. The van der Waals surface area contributed by atoms with Crippen LogP contribution < -0.4 is 4.72 Å². The van der Waals surface area contributed by atoms with Crippen LogP contribution in [0.4, 0.5) is 0 Å². The molecular formula is C10H11Cl2NO5S. The quantitative estimate of drug-likeness (QED) is 0.751. The van der Waals surface area contributed by atoms with Gasteiger partial charge >= 0.3 is 5.97 Å². The predicted octanol–water partition coefficient (Wildman–Crippen LogP) is 1.11. The van der Waals surface area contributed by atoms with Crippen LogP contribution in [0.3, 0.4) is 0 Å².